The molecule has 0 unspecified atom stereocenters. The molecule has 0 fully saturated rings. The van der Waals surface area contributed by atoms with Crippen LogP contribution in [0.4, 0.5) is 8.78 Å². The van der Waals surface area contributed by atoms with Crippen molar-refractivity contribution < 1.29 is 13.5 Å². The van der Waals surface area contributed by atoms with E-state index < -0.39 is 11.6 Å². The average molecular weight is 356 g/mol. The second kappa shape index (κ2) is 10.6. The topological polar surface area (TPSA) is 9.23 Å². The number of hydrogen-bond donors (Lipinski definition) is 0. The minimum absolute atomic E-state index is 0.0333. The Morgan fingerprint density at radius 1 is 0.808 bits per heavy atom. The van der Waals surface area contributed by atoms with Gasteiger partial charge in [-0.05, 0) is 49.6 Å². The Morgan fingerprint density at radius 3 is 2.23 bits per heavy atom. The molecule has 3 heteroatoms. The number of ether oxygens (including phenoxy) is 1. The standard InChI is InChI=1S/C23H26F2O/c1-3-5-6-7-8-9-18-10-12-19(13-11-18)14-15-20-16-17-21(26-4-2)23(25)22(20)24/h10-13,16-17H,3-9H2,1-2H3. The number of benzene rings is 2. The monoisotopic (exact) mass is 356 g/mol. The van der Waals surface area contributed by atoms with Gasteiger partial charge in [0.2, 0.25) is 5.82 Å². The highest BCUT2D eigenvalue weighted by Gasteiger charge is 2.12. The zero-order valence-electron chi connectivity index (χ0n) is 15.6. The van der Waals surface area contributed by atoms with Gasteiger partial charge >= 0.3 is 0 Å². The van der Waals surface area contributed by atoms with Crippen molar-refractivity contribution in [3.8, 4) is 17.6 Å². The summed E-state index contributed by atoms with van der Waals surface area (Å²) in [5, 5.41) is 0. The van der Waals surface area contributed by atoms with Crippen LogP contribution in [0.1, 0.15) is 62.6 Å². The molecule has 0 atom stereocenters. The molecule has 0 bridgehead atoms. The first-order chi connectivity index (χ1) is 12.7. The number of rotatable bonds is 8. The van der Waals surface area contributed by atoms with Crippen molar-refractivity contribution in [3.63, 3.8) is 0 Å². The van der Waals surface area contributed by atoms with E-state index >= 15 is 0 Å². The zero-order chi connectivity index (χ0) is 18.8. The Bertz CT molecular complexity index is 754. The fraction of sp³-hybridized carbons (Fsp3) is 0.391. The predicted octanol–water partition coefficient (Wildman–Crippen LogP) is 6.28. The van der Waals surface area contributed by atoms with Crippen LogP contribution in [-0.4, -0.2) is 6.61 Å². The van der Waals surface area contributed by atoms with Gasteiger partial charge in [0.05, 0.1) is 12.2 Å². The number of aryl methyl sites for hydroxylation is 1. The third-order valence-corrected chi connectivity index (χ3v) is 4.21. The number of unbranched alkanes of at least 4 members (excludes halogenated alkanes) is 4. The molecular formula is C23H26F2O. The minimum atomic E-state index is -0.989. The summed E-state index contributed by atoms with van der Waals surface area (Å²) >= 11 is 0. The molecule has 138 valence electrons. The summed E-state index contributed by atoms with van der Waals surface area (Å²) in [5.74, 6) is 3.56. The fourth-order valence-corrected chi connectivity index (χ4v) is 2.72. The first-order valence-corrected chi connectivity index (χ1v) is 9.37. The molecule has 0 radical (unpaired) electrons. The first-order valence-electron chi connectivity index (χ1n) is 9.37. The van der Waals surface area contributed by atoms with Crippen LogP contribution in [0.3, 0.4) is 0 Å². The van der Waals surface area contributed by atoms with Crippen LogP contribution in [0.5, 0.6) is 5.75 Å². The van der Waals surface area contributed by atoms with Crippen LogP contribution < -0.4 is 4.74 Å². The molecule has 0 saturated heterocycles. The van der Waals surface area contributed by atoms with Gasteiger partial charge < -0.3 is 4.74 Å². The third-order valence-electron chi connectivity index (χ3n) is 4.21. The SMILES string of the molecule is CCCCCCCc1ccc(C#Cc2ccc(OCC)c(F)c2F)cc1. The van der Waals surface area contributed by atoms with E-state index in [0.29, 0.717) is 0 Å². The molecular weight excluding hydrogens is 330 g/mol. The average Bonchev–Trinajstić information content (AvgIpc) is 2.66. The first kappa shape index (κ1) is 20.0. The second-order valence-corrected chi connectivity index (χ2v) is 6.28. The molecule has 2 rings (SSSR count). The van der Waals surface area contributed by atoms with Crippen molar-refractivity contribution >= 4 is 0 Å². The molecule has 0 aromatic heterocycles. The fourth-order valence-electron chi connectivity index (χ4n) is 2.72. The summed E-state index contributed by atoms with van der Waals surface area (Å²) in [6.45, 7) is 4.22. The van der Waals surface area contributed by atoms with Gasteiger partial charge in [0.15, 0.2) is 11.6 Å². The summed E-state index contributed by atoms with van der Waals surface area (Å²) in [7, 11) is 0. The highest BCUT2D eigenvalue weighted by molar-refractivity contribution is 5.46. The molecule has 0 aliphatic heterocycles. The summed E-state index contributed by atoms with van der Waals surface area (Å²) < 4.78 is 32.9. The van der Waals surface area contributed by atoms with Crippen molar-refractivity contribution in [1.29, 1.82) is 0 Å². The quantitative estimate of drug-likeness (QED) is 0.400. The maximum absolute atomic E-state index is 14.0. The summed E-state index contributed by atoms with van der Waals surface area (Å²) in [4.78, 5) is 0. The van der Waals surface area contributed by atoms with E-state index in [9.17, 15) is 8.78 Å². The summed E-state index contributed by atoms with van der Waals surface area (Å²) in [6.07, 6.45) is 7.38. The molecule has 0 saturated carbocycles. The van der Waals surface area contributed by atoms with Gasteiger partial charge in [-0.15, -0.1) is 0 Å². The molecule has 0 amide bonds. The number of halogens is 2. The molecule has 2 aromatic rings. The van der Waals surface area contributed by atoms with E-state index in [1.54, 1.807) is 6.92 Å². The Hall–Kier alpha value is -2.34. The Labute approximate surface area is 155 Å². The molecule has 1 nitrogen and oxygen atoms in total. The van der Waals surface area contributed by atoms with Crippen LogP contribution in [-0.2, 0) is 6.42 Å². The normalized spacial score (nSPS) is 10.3. The lowest BCUT2D eigenvalue weighted by atomic mass is 10.0. The third kappa shape index (κ3) is 5.88. The van der Waals surface area contributed by atoms with E-state index in [1.165, 1.54) is 49.8 Å². The smallest absolute Gasteiger partial charge is 0.201 e. The second-order valence-electron chi connectivity index (χ2n) is 6.28. The summed E-state index contributed by atoms with van der Waals surface area (Å²) in [5.41, 5.74) is 2.10. The van der Waals surface area contributed by atoms with Crippen LogP contribution >= 0.6 is 0 Å². The predicted molar refractivity (Wildman–Crippen MR) is 102 cm³/mol. The Balaban J connectivity index is 1.98. The lowest BCUT2D eigenvalue weighted by Gasteiger charge is -2.05. The van der Waals surface area contributed by atoms with E-state index in [1.807, 2.05) is 12.1 Å². The van der Waals surface area contributed by atoms with Gasteiger partial charge in [-0.25, -0.2) is 4.39 Å². The van der Waals surface area contributed by atoms with Gasteiger partial charge in [0.25, 0.3) is 0 Å². The van der Waals surface area contributed by atoms with Crippen molar-refractivity contribution in [1.82, 2.24) is 0 Å². The molecule has 2 aromatic carbocycles. The lowest BCUT2D eigenvalue weighted by Crippen LogP contribution is -1.98. The molecule has 26 heavy (non-hydrogen) atoms. The lowest BCUT2D eigenvalue weighted by molar-refractivity contribution is 0.314. The highest BCUT2D eigenvalue weighted by Crippen LogP contribution is 2.22. The Kier molecular flexibility index (Phi) is 8.15. The highest BCUT2D eigenvalue weighted by atomic mass is 19.2. The van der Waals surface area contributed by atoms with E-state index in [0.717, 1.165) is 12.0 Å². The molecule has 0 N–H and O–H groups in total. The van der Waals surface area contributed by atoms with Gasteiger partial charge in [0.1, 0.15) is 0 Å². The maximum Gasteiger partial charge on any atom is 0.201 e. The molecule has 0 aliphatic rings. The maximum atomic E-state index is 14.0. The van der Waals surface area contributed by atoms with Crippen molar-refractivity contribution in [2.45, 2.75) is 52.4 Å². The van der Waals surface area contributed by atoms with E-state index in [2.05, 4.69) is 30.9 Å². The van der Waals surface area contributed by atoms with Crippen LogP contribution in [0.25, 0.3) is 0 Å². The number of hydrogen-bond acceptors (Lipinski definition) is 1. The Morgan fingerprint density at radius 2 is 1.54 bits per heavy atom. The van der Waals surface area contributed by atoms with E-state index in [4.69, 9.17) is 4.74 Å². The van der Waals surface area contributed by atoms with Gasteiger partial charge in [-0.3, -0.25) is 0 Å². The van der Waals surface area contributed by atoms with Crippen molar-refractivity contribution in [3.05, 3.63) is 64.7 Å². The van der Waals surface area contributed by atoms with Crippen molar-refractivity contribution in [2.75, 3.05) is 6.61 Å². The van der Waals surface area contributed by atoms with Crippen LogP contribution in [0.2, 0.25) is 0 Å². The van der Waals surface area contributed by atoms with Gasteiger partial charge in [0, 0.05) is 5.56 Å². The zero-order valence-corrected chi connectivity index (χ0v) is 15.6. The van der Waals surface area contributed by atoms with Crippen LogP contribution in [0, 0.1) is 23.5 Å². The molecule has 0 aliphatic carbocycles. The van der Waals surface area contributed by atoms with E-state index in [-0.39, 0.29) is 17.9 Å². The summed E-state index contributed by atoms with van der Waals surface area (Å²) in [6, 6.07) is 10.8. The van der Waals surface area contributed by atoms with Crippen molar-refractivity contribution in [2.24, 2.45) is 0 Å². The van der Waals surface area contributed by atoms with Gasteiger partial charge in [-0.2, -0.15) is 4.39 Å². The largest absolute Gasteiger partial charge is 0.491 e. The minimum Gasteiger partial charge on any atom is -0.491 e. The van der Waals surface area contributed by atoms with Crippen LogP contribution in [0.15, 0.2) is 36.4 Å². The van der Waals surface area contributed by atoms with Gasteiger partial charge in [-0.1, -0.05) is 56.6 Å². The molecule has 0 spiro atoms. The molecule has 0 heterocycles.